The van der Waals surface area contributed by atoms with Crippen LogP contribution in [0, 0.1) is 0 Å². The van der Waals surface area contributed by atoms with Crippen molar-refractivity contribution in [3.63, 3.8) is 0 Å². The van der Waals surface area contributed by atoms with Crippen molar-refractivity contribution in [1.82, 2.24) is 4.57 Å². The molecular weight excluding hydrogens is 613 g/mol. The molecule has 0 fully saturated rings. The highest BCUT2D eigenvalue weighted by Gasteiger charge is 2.23. The Balaban J connectivity index is 1.22. The van der Waals surface area contributed by atoms with E-state index in [4.69, 9.17) is 8.83 Å². The zero-order valence-corrected chi connectivity index (χ0v) is 26.9. The van der Waals surface area contributed by atoms with Gasteiger partial charge in [0.15, 0.2) is 0 Å². The van der Waals surface area contributed by atoms with Crippen molar-refractivity contribution in [2.75, 3.05) is 4.90 Å². The van der Waals surface area contributed by atoms with E-state index < -0.39 is 0 Å². The molecule has 3 heterocycles. The topological polar surface area (TPSA) is 34.5 Å². The van der Waals surface area contributed by atoms with Gasteiger partial charge in [0.1, 0.15) is 22.3 Å². The second-order valence-electron chi connectivity index (χ2n) is 13.0. The Hall–Kier alpha value is -6.78. The maximum absolute atomic E-state index is 6.45. The van der Waals surface area contributed by atoms with Crippen LogP contribution in [0.1, 0.15) is 0 Å². The highest BCUT2D eigenvalue weighted by atomic mass is 16.3. The molecule has 0 N–H and O–H groups in total. The molecule has 0 saturated heterocycles. The first-order chi connectivity index (χ1) is 24.8. The zero-order chi connectivity index (χ0) is 32.8. The molecule has 0 spiro atoms. The van der Waals surface area contributed by atoms with Crippen LogP contribution < -0.4 is 4.90 Å². The molecule has 0 aliphatic carbocycles. The summed E-state index contributed by atoms with van der Waals surface area (Å²) in [5, 5.41) is 9.16. The van der Waals surface area contributed by atoms with Crippen LogP contribution in [0.25, 0.3) is 82.1 Å². The summed E-state index contributed by atoms with van der Waals surface area (Å²) >= 11 is 0. The smallest absolute Gasteiger partial charge is 0.137 e. The SMILES string of the molecule is c1ccc(-n2c3ccccc3c3cccc(N(c4ccc5cc6oc7ccccc7c6cc5c4)c4ccc5c(c4)oc4ccccc45)c32)cc1. The first-order valence-electron chi connectivity index (χ1n) is 16.9. The first-order valence-corrected chi connectivity index (χ1v) is 16.9. The number of hydrogen-bond donors (Lipinski definition) is 0. The van der Waals surface area contributed by atoms with Gasteiger partial charge in [-0.1, -0.05) is 91.0 Å². The van der Waals surface area contributed by atoms with E-state index in [1.165, 1.54) is 16.3 Å². The third-order valence-corrected chi connectivity index (χ3v) is 10.1. The lowest BCUT2D eigenvalue weighted by Gasteiger charge is -2.27. The number of hydrogen-bond acceptors (Lipinski definition) is 3. The second-order valence-corrected chi connectivity index (χ2v) is 13.0. The van der Waals surface area contributed by atoms with Crippen LogP contribution in [-0.2, 0) is 0 Å². The molecule has 0 unspecified atom stereocenters. The first kappa shape index (κ1) is 27.2. The van der Waals surface area contributed by atoms with Gasteiger partial charge in [0.05, 0.1) is 16.7 Å². The van der Waals surface area contributed by atoms with Crippen molar-refractivity contribution >= 4 is 93.5 Å². The molecule has 0 bridgehead atoms. The highest BCUT2D eigenvalue weighted by molar-refractivity contribution is 6.15. The van der Waals surface area contributed by atoms with Crippen LogP contribution in [0.5, 0.6) is 0 Å². The van der Waals surface area contributed by atoms with E-state index in [0.29, 0.717) is 0 Å². The summed E-state index contributed by atoms with van der Waals surface area (Å²) in [4.78, 5) is 2.38. The molecule has 11 aromatic rings. The number of nitrogens with zero attached hydrogens (tertiary/aromatic N) is 2. The molecule has 0 radical (unpaired) electrons. The molecule has 8 aromatic carbocycles. The maximum Gasteiger partial charge on any atom is 0.137 e. The Kier molecular flexibility index (Phi) is 5.63. The number of aromatic nitrogens is 1. The Morgan fingerprint density at radius 1 is 0.380 bits per heavy atom. The molecule has 0 atom stereocenters. The Bertz CT molecular complexity index is 3110. The van der Waals surface area contributed by atoms with E-state index in [1.807, 2.05) is 24.3 Å². The normalized spacial score (nSPS) is 12.0. The van der Waals surface area contributed by atoms with Gasteiger partial charge in [-0.15, -0.1) is 0 Å². The van der Waals surface area contributed by atoms with Gasteiger partial charge >= 0.3 is 0 Å². The lowest BCUT2D eigenvalue weighted by Crippen LogP contribution is -2.11. The van der Waals surface area contributed by atoms with Gasteiger partial charge in [0, 0.05) is 55.4 Å². The average Bonchev–Trinajstić information content (AvgIpc) is 3.84. The van der Waals surface area contributed by atoms with E-state index >= 15 is 0 Å². The van der Waals surface area contributed by atoms with Gasteiger partial charge in [-0.25, -0.2) is 0 Å². The second kappa shape index (κ2) is 10.4. The summed E-state index contributed by atoms with van der Waals surface area (Å²) in [7, 11) is 0. The fourth-order valence-corrected chi connectivity index (χ4v) is 7.90. The van der Waals surface area contributed by atoms with Crippen LogP contribution in [0.2, 0.25) is 0 Å². The minimum absolute atomic E-state index is 0.858. The Morgan fingerprint density at radius 2 is 1.00 bits per heavy atom. The number of fused-ring (bicyclic) bond motifs is 10. The van der Waals surface area contributed by atoms with Crippen molar-refractivity contribution in [3.05, 3.63) is 170 Å². The largest absolute Gasteiger partial charge is 0.456 e. The van der Waals surface area contributed by atoms with Gasteiger partial charge in [-0.05, 0) is 83.6 Å². The van der Waals surface area contributed by atoms with E-state index in [9.17, 15) is 0 Å². The van der Waals surface area contributed by atoms with Crippen molar-refractivity contribution in [2.45, 2.75) is 0 Å². The van der Waals surface area contributed by atoms with Crippen molar-refractivity contribution in [2.24, 2.45) is 0 Å². The average molecular weight is 641 g/mol. The van der Waals surface area contributed by atoms with Crippen LogP contribution in [-0.4, -0.2) is 4.57 Å². The summed E-state index contributed by atoms with van der Waals surface area (Å²) in [6.07, 6.45) is 0. The minimum Gasteiger partial charge on any atom is -0.456 e. The monoisotopic (exact) mass is 640 g/mol. The molecule has 11 rings (SSSR count). The number of rotatable bonds is 4. The molecule has 3 aromatic heterocycles. The van der Waals surface area contributed by atoms with E-state index in [2.05, 4.69) is 155 Å². The molecule has 234 valence electrons. The summed E-state index contributed by atoms with van der Waals surface area (Å²) in [5.41, 5.74) is 10.1. The Labute approximate surface area is 286 Å². The van der Waals surface area contributed by atoms with Crippen molar-refractivity contribution in [1.29, 1.82) is 0 Å². The molecule has 4 nitrogen and oxygen atoms in total. The molecule has 0 aliphatic heterocycles. The van der Waals surface area contributed by atoms with Crippen LogP contribution in [0.15, 0.2) is 179 Å². The number of para-hydroxylation sites is 5. The number of anilines is 3. The van der Waals surface area contributed by atoms with E-state index in [1.54, 1.807) is 0 Å². The quantitative estimate of drug-likeness (QED) is 0.192. The molecule has 0 aliphatic rings. The lowest BCUT2D eigenvalue weighted by molar-refractivity contribution is 0.668. The minimum atomic E-state index is 0.858. The van der Waals surface area contributed by atoms with Gasteiger partial charge in [-0.2, -0.15) is 0 Å². The predicted octanol–water partition coefficient (Wildman–Crippen LogP) is 13.2. The van der Waals surface area contributed by atoms with Crippen LogP contribution in [0.3, 0.4) is 0 Å². The van der Waals surface area contributed by atoms with Crippen LogP contribution >= 0.6 is 0 Å². The van der Waals surface area contributed by atoms with Crippen molar-refractivity contribution in [3.8, 4) is 5.69 Å². The van der Waals surface area contributed by atoms with Crippen molar-refractivity contribution < 1.29 is 8.83 Å². The number of benzene rings is 8. The lowest BCUT2D eigenvalue weighted by atomic mass is 10.0. The number of furan rings is 2. The van der Waals surface area contributed by atoms with Gasteiger partial charge in [-0.3, -0.25) is 0 Å². The standard InChI is InChI=1S/C46H28N2O2/c1-2-11-31(12-3-1)48-40-17-7-4-13-34(40)38-16-10-18-41(46(38)48)47(33-23-24-37-35-14-5-8-19-42(35)50-45(37)28-33)32-22-21-29-27-44-39(26-30(29)25-32)36-15-6-9-20-43(36)49-44/h1-28H. The molecule has 4 heteroatoms. The van der Waals surface area contributed by atoms with E-state index in [-0.39, 0.29) is 0 Å². The van der Waals surface area contributed by atoms with E-state index in [0.717, 1.165) is 82.9 Å². The van der Waals surface area contributed by atoms with Crippen LogP contribution in [0.4, 0.5) is 17.1 Å². The van der Waals surface area contributed by atoms with Gasteiger partial charge in [0.25, 0.3) is 0 Å². The fourth-order valence-electron chi connectivity index (χ4n) is 7.90. The molecular formula is C46H28N2O2. The maximum atomic E-state index is 6.45. The molecule has 0 saturated carbocycles. The molecule has 0 amide bonds. The third-order valence-electron chi connectivity index (χ3n) is 10.1. The summed E-state index contributed by atoms with van der Waals surface area (Å²) < 4.78 is 15.1. The van der Waals surface area contributed by atoms with Gasteiger partial charge < -0.3 is 18.3 Å². The molecule has 50 heavy (non-hydrogen) atoms. The summed E-state index contributed by atoms with van der Waals surface area (Å²) in [6, 6.07) is 60.2. The summed E-state index contributed by atoms with van der Waals surface area (Å²) in [5.74, 6) is 0. The fraction of sp³-hybridized carbons (Fsp3) is 0. The van der Waals surface area contributed by atoms with Gasteiger partial charge in [0.2, 0.25) is 0 Å². The highest BCUT2D eigenvalue weighted by Crippen LogP contribution is 2.45. The Morgan fingerprint density at radius 3 is 1.82 bits per heavy atom. The zero-order valence-electron chi connectivity index (χ0n) is 26.9. The third kappa shape index (κ3) is 3.93. The summed E-state index contributed by atoms with van der Waals surface area (Å²) in [6.45, 7) is 0. The predicted molar refractivity (Wildman–Crippen MR) is 208 cm³/mol.